The van der Waals surface area contributed by atoms with E-state index in [0.29, 0.717) is 52.4 Å². The van der Waals surface area contributed by atoms with Gasteiger partial charge in [-0.3, -0.25) is 4.79 Å². The number of carbonyl (C=O) groups is 1. The van der Waals surface area contributed by atoms with Crippen molar-refractivity contribution in [1.29, 1.82) is 5.26 Å². The molecular weight excluding hydrogens is 696 g/mol. The van der Waals surface area contributed by atoms with Crippen molar-refractivity contribution < 1.29 is 13.9 Å². The summed E-state index contributed by atoms with van der Waals surface area (Å²) < 4.78 is 26.3. The maximum atomic E-state index is 17.2. The van der Waals surface area contributed by atoms with Crippen LogP contribution in [0.2, 0.25) is 10.0 Å². The van der Waals surface area contributed by atoms with E-state index in [1.165, 1.54) is 5.56 Å². The Morgan fingerprint density at radius 3 is 2.67 bits per heavy atom. The summed E-state index contributed by atoms with van der Waals surface area (Å²) in [5.74, 6) is 1.03. The fourth-order valence-electron chi connectivity index (χ4n) is 9.10. The van der Waals surface area contributed by atoms with E-state index in [-0.39, 0.29) is 53.0 Å². The van der Waals surface area contributed by atoms with E-state index < -0.39 is 5.82 Å². The van der Waals surface area contributed by atoms with E-state index in [9.17, 15) is 10.1 Å². The minimum absolute atomic E-state index is 0.0572. The van der Waals surface area contributed by atoms with Gasteiger partial charge in [0, 0.05) is 64.6 Å². The molecule has 10 heteroatoms. The van der Waals surface area contributed by atoms with Gasteiger partial charge in [-0.15, -0.1) is 0 Å². The first-order chi connectivity index (χ1) is 25.2. The van der Waals surface area contributed by atoms with Crippen molar-refractivity contribution >= 4 is 50.9 Å². The lowest BCUT2D eigenvalue weighted by Gasteiger charge is -2.39. The van der Waals surface area contributed by atoms with Gasteiger partial charge in [0.15, 0.2) is 5.82 Å². The first-order valence-electron chi connectivity index (χ1n) is 18.5. The lowest BCUT2D eigenvalue weighted by atomic mass is 9.79. The Morgan fingerprint density at radius 2 is 1.94 bits per heavy atom. The zero-order valence-electron chi connectivity index (χ0n) is 29.3. The summed E-state index contributed by atoms with van der Waals surface area (Å²) in [7, 11) is 0. The highest BCUT2D eigenvalue weighted by atomic mass is 35.5. The molecule has 0 unspecified atom stereocenters. The molecule has 5 aliphatic rings. The standard InChI is InChI=1S/C42H40Cl2FN5O2/c1-3-23-7-4-9-27(15-23)52-28-18-34(49(21-28)42(51)24-12-13-24)35-19-30-22(2)48-39-31(41(30)50(35)40-26-17-33(40)47-20-26)16-25(8-6-14-46)36(38(39)45)29-10-5-11-32(43)37(29)44/h4-5,7,9-11,15-16,19,24,26,28,33-34,40,47H,3,6,8,12-13,17-18,20-21H2,1-2H3/t26-,28+,33-,34-,40+/m1/s1. The van der Waals surface area contributed by atoms with Crippen LogP contribution in [-0.2, 0) is 17.6 Å². The molecule has 0 radical (unpaired) electrons. The molecule has 1 N–H and O–H groups in total. The van der Waals surface area contributed by atoms with Gasteiger partial charge in [0.1, 0.15) is 17.4 Å². The summed E-state index contributed by atoms with van der Waals surface area (Å²) in [6.07, 6.45) is 4.88. The van der Waals surface area contributed by atoms with Crippen LogP contribution in [0.3, 0.4) is 0 Å². The third-order valence-corrected chi connectivity index (χ3v) is 12.7. The molecule has 2 bridgehead atoms. The average molecular weight is 737 g/mol. The number of pyridine rings is 1. The number of fused-ring (bicyclic) bond motifs is 4. The lowest BCUT2D eigenvalue weighted by Crippen LogP contribution is -2.41. The molecule has 10 rings (SSSR count). The molecule has 52 heavy (non-hydrogen) atoms. The van der Waals surface area contributed by atoms with E-state index in [4.69, 9.17) is 32.9 Å². The molecule has 5 aromatic rings. The number of benzene rings is 3. The molecular formula is C42H40Cl2FN5O2. The number of hydrogen-bond acceptors (Lipinski definition) is 5. The van der Waals surface area contributed by atoms with Gasteiger partial charge in [0.05, 0.1) is 40.3 Å². The van der Waals surface area contributed by atoms with E-state index >= 15 is 4.39 Å². The minimum atomic E-state index is -0.474. The number of nitrogens with one attached hydrogen (secondary N) is 1. The largest absolute Gasteiger partial charge is 0.488 e. The number of likely N-dealkylation sites (tertiary alicyclic amines) is 1. The Bertz CT molecular complexity index is 2300. The predicted octanol–water partition coefficient (Wildman–Crippen LogP) is 9.29. The van der Waals surface area contributed by atoms with Crippen molar-refractivity contribution in [3.8, 4) is 22.9 Å². The number of aromatic nitrogens is 2. The maximum Gasteiger partial charge on any atom is 0.226 e. The van der Waals surface area contributed by atoms with E-state index in [1.807, 2.05) is 25.1 Å². The van der Waals surface area contributed by atoms with Crippen LogP contribution in [0, 0.1) is 35.9 Å². The monoisotopic (exact) mass is 735 g/mol. The van der Waals surface area contributed by atoms with Crippen molar-refractivity contribution in [2.75, 3.05) is 13.1 Å². The van der Waals surface area contributed by atoms with Gasteiger partial charge in [-0.2, -0.15) is 5.26 Å². The molecule has 1 amide bonds. The summed E-state index contributed by atoms with van der Waals surface area (Å²) in [4.78, 5) is 21.0. The summed E-state index contributed by atoms with van der Waals surface area (Å²) >= 11 is 13.1. The second-order valence-corrected chi connectivity index (χ2v) is 15.8. The van der Waals surface area contributed by atoms with Crippen LogP contribution in [-0.4, -0.2) is 45.6 Å². The number of carbonyl (C=O) groups excluding carboxylic acids is 1. The lowest BCUT2D eigenvalue weighted by molar-refractivity contribution is -0.133. The normalized spacial score (nSPS) is 23.7. The van der Waals surface area contributed by atoms with Gasteiger partial charge in [-0.05, 0) is 86.4 Å². The average Bonchev–Trinajstić information content (AvgIpc) is 3.43. The highest BCUT2D eigenvalue weighted by Crippen LogP contribution is 2.51. The van der Waals surface area contributed by atoms with Crippen molar-refractivity contribution in [2.24, 2.45) is 11.8 Å². The number of rotatable bonds is 9. The molecule has 3 aromatic carbocycles. The molecule has 2 aromatic heterocycles. The topological polar surface area (TPSA) is 83.2 Å². The van der Waals surface area contributed by atoms with E-state index in [1.54, 1.807) is 18.2 Å². The van der Waals surface area contributed by atoms with Gasteiger partial charge in [-0.1, -0.05) is 54.4 Å². The van der Waals surface area contributed by atoms with Gasteiger partial charge in [0.25, 0.3) is 0 Å². The number of amides is 1. The minimum Gasteiger partial charge on any atom is -0.488 e. The van der Waals surface area contributed by atoms with Gasteiger partial charge < -0.3 is 19.5 Å². The second kappa shape index (κ2) is 13.1. The van der Waals surface area contributed by atoms with Crippen molar-refractivity contribution in [3.63, 3.8) is 0 Å². The Labute approximate surface area is 312 Å². The SMILES string of the molecule is CCc1cccc(O[C@H]2C[C@H](c3cc4c(C)nc5c(F)c(-c6cccc(Cl)c6Cl)c(CCC#N)cc5c4n3[C@H]3[C@H]4CN[C@@H]3C4)N(C(=O)C3CC3)C2)c1. The van der Waals surface area contributed by atoms with E-state index in [0.717, 1.165) is 60.3 Å². The van der Waals surface area contributed by atoms with Crippen molar-refractivity contribution in [2.45, 2.75) is 83.0 Å². The zero-order chi connectivity index (χ0) is 35.8. The molecule has 5 heterocycles. The quantitative estimate of drug-likeness (QED) is 0.163. The molecule has 266 valence electrons. The highest BCUT2D eigenvalue weighted by Gasteiger charge is 2.51. The predicted molar refractivity (Wildman–Crippen MR) is 202 cm³/mol. The number of nitrogens with zero attached hydrogens (tertiary/aromatic N) is 4. The number of halogens is 3. The van der Waals surface area contributed by atoms with Crippen LogP contribution in [0.25, 0.3) is 32.9 Å². The number of hydrogen-bond donors (Lipinski definition) is 1. The molecule has 2 aliphatic carbocycles. The first kappa shape index (κ1) is 33.7. The van der Waals surface area contributed by atoms with Crippen molar-refractivity contribution in [3.05, 3.63) is 93.0 Å². The maximum absolute atomic E-state index is 17.2. The first-order valence-corrected chi connectivity index (χ1v) is 19.3. The number of ether oxygens (including phenoxy) is 1. The summed E-state index contributed by atoms with van der Waals surface area (Å²) in [6, 6.07) is 20.1. The number of aryl methyl sites for hydroxylation is 3. The van der Waals surface area contributed by atoms with E-state index in [2.05, 4.69) is 46.0 Å². The highest BCUT2D eigenvalue weighted by molar-refractivity contribution is 6.43. The third kappa shape index (κ3) is 5.47. The number of nitriles is 1. The summed E-state index contributed by atoms with van der Waals surface area (Å²) in [5.41, 5.74) is 5.67. The van der Waals surface area contributed by atoms with Crippen LogP contribution in [0.15, 0.2) is 54.6 Å². The van der Waals surface area contributed by atoms with Gasteiger partial charge >= 0.3 is 0 Å². The smallest absolute Gasteiger partial charge is 0.226 e. The molecule has 7 nitrogen and oxygen atoms in total. The Kier molecular flexibility index (Phi) is 8.45. The Hall–Kier alpha value is -4.16. The zero-order valence-corrected chi connectivity index (χ0v) is 30.8. The fraction of sp³-hybridized carbons (Fsp3) is 0.405. The summed E-state index contributed by atoms with van der Waals surface area (Å²) in [5, 5.41) is 15.6. The molecule has 3 saturated heterocycles. The molecule has 2 saturated carbocycles. The third-order valence-electron chi connectivity index (χ3n) is 11.9. The van der Waals surface area contributed by atoms with Gasteiger partial charge in [-0.25, -0.2) is 9.37 Å². The van der Waals surface area contributed by atoms with Crippen LogP contribution in [0.4, 0.5) is 4.39 Å². The van der Waals surface area contributed by atoms with Crippen molar-refractivity contribution in [1.82, 2.24) is 19.8 Å². The summed E-state index contributed by atoms with van der Waals surface area (Å²) in [6.45, 7) is 5.51. The molecule has 3 aliphatic heterocycles. The van der Waals surface area contributed by atoms with Crippen LogP contribution in [0.1, 0.15) is 73.6 Å². The van der Waals surface area contributed by atoms with Gasteiger partial charge in [0.2, 0.25) is 5.91 Å². The molecule has 5 fully saturated rings. The fourth-order valence-corrected chi connectivity index (χ4v) is 9.50. The molecule has 0 spiro atoms. The van der Waals surface area contributed by atoms with Crippen LogP contribution in [0.5, 0.6) is 5.75 Å². The second-order valence-electron chi connectivity index (χ2n) is 15.0. The van der Waals surface area contributed by atoms with Crippen LogP contribution < -0.4 is 10.1 Å². The Morgan fingerprint density at radius 1 is 1.12 bits per heavy atom. The van der Waals surface area contributed by atoms with Crippen LogP contribution >= 0.6 is 23.2 Å². The molecule has 5 atom stereocenters. The Balaban J connectivity index is 1.25.